The fraction of sp³-hybridized carbons (Fsp3) is 0.682. The standard InChI is InChI=1S/C22H34N4OS/c28-22(23-12-17-25-13-1-2-14-25)24-18-6-8-20(9-7-18)27-21-10-15-26(16-11-21)19-4-3-5-19/h6-9,19,21H,1-5,10-17H2,(H2,23,24,28). The van der Waals surface area contributed by atoms with Crippen molar-refractivity contribution in [1.29, 1.82) is 0 Å². The van der Waals surface area contributed by atoms with Gasteiger partial charge >= 0.3 is 0 Å². The Hall–Kier alpha value is -1.37. The Labute approximate surface area is 174 Å². The molecular formula is C22H34N4OS. The molecule has 5 nitrogen and oxygen atoms in total. The summed E-state index contributed by atoms with van der Waals surface area (Å²) in [6, 6.07) is 9.06. The molecule has 2 heterocycles. The minimum Gasteiger partial charge on any atom is -0.490 e. The summed E-state index contributed by atoms with van der Waals surface area (Å²) < 4.78 is 6.21. The summed E-state index contributed by atoms with van der Waals surface area (Å²) >= 11 is 5.41. The van der Waals surface area contributed by atoms with Gasteiger partial charge in [0.15, 0.2) is 5.11 Å². The van der Waals surface area contributed by atoms with Crippen molar-refractivity contribution < 1.29 is 4.74 Å². The van der Waals surface area contributed by atoms with E-state index in [4.69, 9.17) is 17.0 Å². The number of hydrogen-bond donors (Lipinski definition) is 2. The highest BCUT2D eigenvalue weighted by Crippen LogP contribution is 2.28. The van der Waals surface area contributed by atoms with Crippen LogP contribution in [0.4, 0.5) is 5.69 Å². The molecule has 2 aliphatic heterocycles. The lowest BCUT2D eigenvalue weighted by molar-refractivity contribution is 0.0493. The Bertz CT molecular complexity index is 620. The number of rotatable bonds is 7. The fourth-order valence-electron chi connectivity index (χ4n) is 4.43. The number of likely N-dealkylation sites (tertiary alicyclic amines) is 2. The molecule has 0 aromatic heterocycles. The lowest BCUT2D eigenvalue weighted by atomic mass is 9.90. The summed E-state index contributed by atoms with van der Waals surface area (Å²) in [4.78, 5) is 5.15. The van der Waals surface area contributed by atoms with E-state index in [1.54, 1.807) is 0 Å². The molecule has 1 saturated carbocycles. The molecule has 6 heteroatoms. The molecule has 1 aromatic rings. The highest BCUT2D eigenvalue weighted by Gasteiger charge is 2.29. The molecule has 4 rings (SSSR count). The molecule has 0 spiro atoms. The van der Waals surface area contributed by atoms with Gasteiger partial charge in [-0.05, 0) is 88.1 Å². The van der Waals surface area contributed by atoms with E-state index in [1.807, 2.05) is 24.3 Å². The van der Waals surface area contributed by atoms with Crippen LogP contribution >= 0.6 is 12.2 Å². The van der Waals surface area contributed by atoms with Gasteiger partial charge in [0.1, 0.15) is 11.9 Å². The normalized spacial score (nSPS) is 22.0. The van der Waals surface area contributed by atoms with Gasteiger partial charge < -0.3 is 25.2 Å². The topological polar surface area (TPSA) is 39.8 Å². The minimum absolute atomic E-state index is 0.350. The van der Waals surface area contributed by atoms with Gasteiger partial charge in [-0.2, -0.15) is 0 Å². The Morgan fingerprint density at radius 1 is 0.964 bits per heavy atom. The van der Waals surface area contributed by atoms with E-state index in [9.17, 15) is 0 Å². The third-order valence-corrected chi connectivity index (χ3v) is 6.64. The van der Waals surface area contributed by atoms with Gasteiger partial charge in [0.2, 0.25) is 0 Å². The molecule has 2 N–H and O–H groups in total. The predicted molar refractivity (Wildman–Crippen MR) is 119 cm³/mol. The summed E-state index contributed by atoms with van der Waals surface area (Å²) in [7, 11) is 0. The maximum Gasteiger partial charge on any atom is 0.170 e. The number of hydrogen-bond acceptors (Lipinski definition) is 4. The van der Waals surface area contributed by atoms with Crippen LogP contribution in [0, 0.1) is 0 Å². The first kappa shape index (κ1) is 19.9. The molecule has 0 atom stereocenters. The van der Waals surface area contributed by atoms with Crippen molar-refractivity contribution in [3.05, 3.63) is 24.3 Å². The van der Waals surface area contributed by atoms with Crippen LogP contribution in [0.15, 0.2) is 24.3 Å². The molecule has 0 unspecified atom stereocenters. The van der Waals surface area contributed by atoms with Gasteiger partial charge in [0.25, 0.3) is 0 Å². The quantitative estimate of drug-likeness (QED) is 0.681. The first-order valence-corrected chi connectivity index (χ1v) is 11.4. The van der Waals surface area contributed by atoms with Gasteiger partial charge in [-0.1, -0.05) is 6.42 Å². The molecule has 1 aromatic carbocycles. The van der Waals surface area contributed by atoms with E-state index in [2.05, 4.69) is 20.4 Å². The van der Waals surface area contributed by atoms with Gasteiger partial charge in [-0.15, -0.1) is 0 Å². The first-order chi connectivity index (χ1) is 13.8. The van der Waals surface area contributed by atoms with Crippen LogP contribution < -0.4 is 15.4 Å². The monoisotopic (exact) mass is 402 g/mol. The third kappa shape index (κ3) is 5.58. The zero-order valence-electron chi connectivity index (χ0n) is 16.9. The Morgan fingerprint density at radius 3 is 2.32 bits per heavy atom. The molecule has 28 heavy (non-hydrogen) atoms. The fourth-order valence-corrected chi connectivity index (χ4v) is 4.65. The number of nitrogens with one attached hydrogen (secondary N) is 2. The molecule has 3 fully saturated rings. The zero-order chi connectivity index (χ0) is 19.2. The number of thiocarbonyl (C=S) groups is 1. The molecule has 0 radical (unpaired) electrons. The van der Waals surface area contributed by atoms with Crippen molar-refractivity contribution in [2.45, 2.75) is 57.1 Å². The van der Waals surface area contributed by atoms with E-state index in [-0.39, 0.29) is 0 Å². The smallest absolute Gasteiger partial charge is 0.170 e. The summed E-state index contributed by atoms with van der Waals surface area (Å²) in [5.74, 6) is 0.959. The summed E-state index contributed by atoms with van der Waals surface area (Å²) in [5, 5.41) is 7.26. The number of ether oxygens (including phenoxy) is 1. The second-order valence-corrected chi connectivity index (χ2v) is 8.80. The summed E-state index contributed by atoms with van der Waals surface area (Å²) in [6.45, 7) is 6.78. The number of piperidine rings is 1. The maximum absolute atomic E-state index is 6.21. The minimum atomic E-state index is 0.350. The van der Waals surface area contributed by atoms with Crippen molar-refractivity contribution in [2.75, 3.05) is 44.6 Å². The largest absolute Gasteiger partial charge is 0.490 e. The average molecular weight is 403 g/mol. The SMILES string of the molecule is S=C(NCCN1CCCC1)Nc1ccc(OC2CCN(C3CCC3)CC2)cc1. The van der Waals surface area contributed by atoms with E-state index in [0.29, 0.717) is 11.2 Å². The molecule has 3 aliphatic rings. The molecule has 2 saturated heterocycles. The summed E-state index contributed by atoms with van der Waals surface area (Å²) in [5.41, 5.74) is 1.01. The van der Waals surface area contributed by atoms with Crippen molar-refractivity contribution in [2.24, 2.45) is 0 Å². The van der Waals surface area contributed by atoms with Gasteiger partial charge in [-0.3, -0.25) is 0 Å². The van der Waals surface area contributed by atoms with Gasteiger partial charge in [-0.25, -0.2) is 0 Å². The van der Waals surface area contributed by atoms with Gasteiger partial charge in [0.05, 0.1) is 0 Å². The summed E-state index contributed by atoms with van der Waals surface area (Å²) in [6.07, 6.45) is 9.50. The lowest BCUT2D eigenvalue weighted by Gasteiger charge is -2.41. The predicted octanol–water partition coefficient (Wildman–Crippen LogP) is 3.46. The van der Waals surface area contributed by atoms with Crippen molar-refractivity contribution in [3.8, 4) is 5.75 Å². The van der Waals surface area contributed by atoms with Crippen LogP contribution in [0.5, 0.6) is 5.75 Å². The number of benzene rings is 1. The molecule has 0 amide bonds. The van der Waals surface area contributed by atoms with Crippen molar-refractivity contribution in [1.82, 2.24) is 15.1 Å². The second kappa shape index (κ2) is 9.90. The Kier molecular flexibility index (Phi) is 7.04. The lowest BCUT2D eigenvalue weighted by Crippen LogP contribution is -2.46. The molecule has 0 bridgehead atoms. The number of nitrogens with zero attached hydrogens (tertiary/aromatic N) is 2. The van der Waals surface area contributed by atoms with Crippen LogP contribution in [0.25, 0.3) is 0 Å². The second-order valence-electron chi connectivity index (χ2n) is 8.39. The van der Waals surface area contributed by atoms with Crippen LogP contribution in [0.3, 0.4) is 0 Å². The van der Waals surface area contributed by atoms with Crippen molar-refractivity contribution >= 4 is 23.0 Å². The van der Waals surface area contributed by atoms with Crippen molar-refractivity contribution in [3.63, 3.8) is 0 Å². The maximum atomic E-state index is 6.21. The molecular weight excluding hydrogens is 368 g/mol. The van der Waals surface area contributed by atoms with E-state index < -0.39 is 0 Å². The van der Waals surface area contributed by atoms with E-state index >= 15 is 0 Å². The van der Waals surface area contributed by atoms with Crippen LogP contribution in [-0.2, 0) is 0 Å². The van der Waals surface area contributed by atoms with E-state index in [0.717, 1.165) is 43.4 Å². The van der Waals surface area contributed by atoms with Gasteiger partial charge in [0, 0.05) is 37.9 Å². The first-order valence-electron chi connectivity index (χ1n) is 11.0. The average Bonchev–Trinajstić information content (AvgIpc) is 3.17. The number of anilines is 1. The Morgan fingerprint density at radius 2 is 1.68 bits per heavy atom. The Balaban J connectivity index is 1.15. The highest BCUT2D eigenvalue weighted by molar-refractivity contribution is 7.80. The molecule has 1 aliphatic carbocycles. The zero-order valence-corrected chi connectivity index (χ0v) is 17.7. The van der Waals surface area contributed by atoms with Crippen LogP contribution in [-0.4, -0.2) is 66.3 Å². The highest BCUT2D eigenvalue weighted by atomic mass is 32.1. The third-order valence-electron chi connectivity index (χ3n) is 6.39. The molecule has 154 valence electrons. The van der Waals surface area contributed by atoms with Crippen LogP contribution in [0.1, 0.15) is 44.9 Å². The van der Waals surface area contributed by atoms with Crippen LogP contribution in [0.2, 0.25) is 0 Å². The van der Waals surface area contributed by atoms with E-state index in [1.165, 1.54) is 58.3 Å².